The smallest absolute Gasteiger partial charge is 0.204 e. The van der Waals surface area contributed by atoms with Gasteiger partial charge < -0.3 is 14.6 Å². The van der Waals surface area contributed by atoms with E-state index in [-0.39, 0.29) is 0 Å². The predicted molar refractivity (Wildman–Crippen MR) is 70.0 cm³/mol. The van der Waals surface area contributed by atoms with Crippen LogP contribution < -0.4 is 4.90 Å². The van der Waals surface area contributed by atoms with Crippen molar-refractivity contribution >= 4 is 29.1 Å². The number of morpholine rings is 1. The van der Waals surface area contributed by atoms with Crippen molar-refractivity contribution in [2.24, 2.45) is 0 Å². The van der Waals surface area contributed by atoms with Gasteiger partial charge >= 0.3 is 0 Å². The van der Waals surface area contributed by atoms with Crippen LogP contribution in [0.15, 0.2) is 24.3 Å². The molecule has 1 aromatic heterocycles. The summed E-state index contributed by atoms with van der Waals surface area (Å²) >= 11 is 5.32. The van der Waals surface area contributed by atoms with Crippen molar-refractivity contribution < 1.29 is 4.74 Å². The van der Waals surface area contributed by atoms with Crippen LogP contribution in [0.1, 0.15) is 0 Å². The number of fused-ring (bicyclic) bond motifs is 1. The zero-order valence-electron chi connectivity index (χ0n) is 9.35. The fourth-order valence-corrected chi connectivity index (χ4v) is 2.27. The quantitative estimate of drug-likeness (QED) is 0.784. The molecule has 1 saturated heterocycles. The summed E-state index contributed by atoms with van der Waals surface area (Å²) in [6.45, 7) is 3.21. The van der Waals surface area contributed by atoms with Crippen molar-refractivity contribution in [1.82, 2.24) is 9.97 Å². The molecule has 0 aliphatic carbocycles. The lowest BCUT2D eigenvalue weighted by Crippen LogP contribution is -2.37. The molecule has 0 amide bonds. The minimum absolute atomic E-state index is 0.654. The molecule has 4 nitrogen and oxygen atoms in total. The van der Waals surface area contributed by atoms with E-state index in [2.05, 4.69) is 14.9 Å². The van der Waals surface area contributed by atoms with Crippen LogP contribution in [-0.2, 0) is 4.74 Å². The number of aromatic nitrogens is 2. The van der Waals surface area contributed by atoms with Crippen LogP contribution in [0.3, 0.4) is 0 Å². The Balaban J connectivity index is 2.08. The number of ether oxygens (including phenoxy) is 1. The van der Waals surface area contributed by atoms with Crippen LogP contribution in [0.5, 0.6) is 0 Å². The molecule has 0 bridgehead atoms. The molecule has 5 heteroatoms. The van der Waals surface area contributed by atoms with Crippen LogP contribution in [-0.4, -0.2) is 36.3 Å². The number of hydrogen-bond acceptors (Lipinski definition) is 4. The maximum Gasteiger partial charge on any atom is 0.204 e. The van der Waals surface area contributed by atoms with Gasteiger partial charge in [0, 0.05) is 18.5 Å². The summed E-state index contributed by atoms with van der Waals surface area (Å²) in [5.41, 5.74) is 1.04. The Morgan fingerprint density at radius 2 is 2.00 bits per heavy atom. The SMILES string of the molecule is S=c1nc(N2CCOCC2)[nH]c2ccccc12. The summed E-state index contributed by atoms with van der Waals surface area (Å²) in [5.74, 6) is 0.844. The summed E-state index contributed by atoms with van der Waals surface area (Å²) < 4.78 is 5.98. The van der Waals surface area contributed by atoms with Crippen molar-refractivity contribution in [3.05, 3.63) is 28.9 Å². The first-order valence-corrected chi connectivity index (χ1v) is 6.07. The molecule has 88 valence electrons. The summed E-state index contributed by atoms with van der Waals surface area (Å²) in [4.78, 5) is 9.96. The minimum atomic E-state index is 0.654. The maximum atomic E-state index is 5.33. The van der Waals surface area contributed by atoms with Gasteiger partial charge in [-0.1, -0.05) is 24.4 Å². The first-order chi connectivity index (χ1) is 8.34. The van der Waals surface area contributed by atoms with Crippen molar-refractivity contribution in [2.45, 2.75) is 0 Å². The third kappa shape index (κ3) is 2.03. The molecule has 1 N–H and O–H groups in total. The highest BCUT2D eigenvalue weighted by atomic mass is 32.1. The zero-order valence-corrected chi connectivity index (χ0v) is 10.2. The second kappa shape index (κ2) is 4.43. The molecule has 2 aromatic rings. The Morgan fingerprint density at radius 3 is 2.82 bits per heavy atom. The molecule has 0 unspecified atom stereocenters. The Kier molecular flexibility index (Phi) is 2.78. The van der Waals surface area contributed by atoms with Crippen LogP contribution >= 0.6 is 12.2 Å². The highest BCUT2D eigenvalue weighted by Crippen LogP contribution is 2.17. The third-order valence-corrected chi connectivity index (χ3v) is 3.23. The lowest BCUT2D eigenvalue weighted by Gasteiger charge is -2.27. The second-order valence-corrected chi connectivity index (χ2v) is 4.40. The first-order valence-electron chi connectivity index (χ1n) is 5.66. The van der Waals surface area contributed by atoms with Gasteiger partial charge in [0.2, 0.25) is 5.95 Å². The monoisotopic (exact) mass is 247 g/mol. The van der Waals surface area contributed by atoms with Gasteiger partial charge in [0.25, 0.3) is 0 Å². The molecule has 1 aliphatic heterocycles. The van der Waals surface area contributed by atoms with E-state index >= 15 is 0 Å². The zero-order chi connectivity index (χ0) is 11.7. The number of H-pyrrole nitrogens is 1. The van der Waals surface area contributed by atoms with Gasteiger partial charge in [-0.25, -0.2) is 4.98 Å². The molecule has 2 heterocycles. The van der Waals surface area contributed by atoms with E-state index < -0.39 is 0 Å². The Hall–Kier alpha value is -1.46. The van der Waals surface area contributed by atoms with Crippen LogP contribution in [0.25, 0.3) is 10.9 Å². The average Bonchev–Trinajstić information content (AvgIpc) is 2.40. The number of rotatable bonds is 1. The Labute approximate surface area is 104 Å². The second-order valence-electron chi connectivity index (χ2n) is 4.01. The molecular formula is C12H13N3OS. The average molecular weight is 247 g/mol. The highest BCUT2D eigenvalue weighted by Gasteiger charge is 2.13. The van der Waals surface area contributed by atoms with Crippen molar-refractivity contribution in [2.75, 3.05) is 31.2 Å². The van der Waals surface area contributed by atoms with E-state index in [1.165, 1.54) is 0 Å². The molecule has 1 fully saturated rings. The standard InChI is InChI=1S/C12H13N3OS/c17-11-9-3-1-2-4-10(9)13-12(14-11)15-5-7-16-8-6-15/h1-4H,5-8H2,(H,13,14,17). The van der Waals surface area contributed by atoms with Gasteiger partial charge in [-0.3, -0.25) is 0 Å². The largest absolute Gasteiger partial charge is 0.378 e. The van der Waals surface area contributed by atoms with E-state index in [4.69, 9.17) is 17.0 Å². The van der Waals surface area contributed by atoms with Crippen LogP contribution in [0.2, 0.25) is 0 Å². The van der Waals surface area contributed by atoms with Crippen LogP contribution in [0.4, 0.5) is 5.95 Å². The van der Waals surface area contributed by atoms with Gasteiger partial charge in [0.1, 0.15) is 4.64 Å². The molecule has 1 aromatic carbocycles. The fraction of sp³-hybridized carbons (Fsp3) is 0.333. The van der Waals surface area contributed by atoms with Gasteiger partial charge in [-0.15, -0.1) is 0 Å². The van der Waals surface area contributed by atoms with Crippen LogP contribution in [0, 0.1) is 4.64 Å². The molecule has 0 saturated carbocycles. The molecule has 3 rings (SSSR count). The number of nitrogens with zero attached hydrogens (tertiary/aromatic N) is 2. The molecule has 1 aliphatic rings. The number of hydrogen-bond donors (Lipinski definition) is 1. The van der Waals surface area contributed by atoms with E-state index in [0.717, 1.165) is 43.2 Å². The Morgan fingerprint density at radius 1 is 1.24 bits per heavy atom. The maximum absolute atomic E-state index is 5.33. The molecule has 17 heavy (non-hydrogen) atoms. The predicted octanol–water partition coefficient (Wildman–Crippen LogP) is 2.13. The Bertz CT molecular complexity index is 590. The van der Waals surface area contributed by atoms with Gasteiger partial charge in [0.15, 0.2) is 0 Å². The van der Waals surface area contributed by atoms with Crippen molar-refractivity contribution in [3.63, 3.8) is 0 Å². The molecule has 0 atom stereocenters. The summed E-state index contributed by atoms with van der Waals surface area (Å²) in [6, 6.07) is 7.99. The number of benzene rings is 1. The summed E-state index contributed by atoms with van der Waals surface area (Å²) in [5, 5.41) is 1.000. The number of para-hydroxylation sites is 1. The molecule has 0 radical (unpaired) electrons. The van der Waals surface area contributed by atoms with E-state index in [1.807, 2.05) is 24.3 Å². The topological polar surface area (TPSA) is 41.2 Å². The minimum Gasteiger partial charge on any atom is -0.378 e. The van der Waals surface area contributed by atoms with Gasteiger partial charge in [-0.05, 0) is 12.1 Å². The number of anilines is 1. The lowest BCUT2D eigenvalue weighted by atomic mass is 10.2. The molecule has 0 spiro atoms. The van der Waals surface area contributed by atoms with Crippen molar-refractivity contribution in [3.8, 4) is 0 Å². The highest BCUT2D eigenvalue weighted by molar-refractivity contribution is 7.71. The normalized spacial score (nSPS) is 16.4. The summed E-state index contributed by atoms with van der Waals surface area (Å²) in [7, 11) is 0. The lowest BCUT2D eigenvalue weighted by molar-refractivity contribution is 0.122. The summed E-state index contributed by atoms with van der Waals surface area (Å²) in [6.07, 6.45) is 0. The van der Waals surface area contributed by atoms with Crippen molar-refractivity contribution in [1.29, 1.82) is 0 Å². The molecular weight excluding hydrogens is 234 g/mol. The number of aromatic amines is 1. The third-order valence-electron chi connectivity index (χ3n) is 2.92. The van der Waals surface area contributed by atoms with E-state index in [9.17, 15) is 0 Å². The van der Waals surface area contributed by atoms with E-state index in [1.54, 1.807) is 0 Å². The first kappa shape index (κ1) is 10.7. The fourth-order valence-electron chi connectivity index (χ4n) is 2.01. The van der Waals surface area contributed by atoms with E-state index in [0.29, 0.717) is 4.64 Å². The number of nitrogens with one attached hydrogen (secondary N) is 1. The van der Waals surface area contributed by atoms with Gasteiger partial charge in [0.05, 0.1) is 18.7 Å². The van der Waals surface area contributed by atoms with Gasteiger partial charge in [-0.2, -0.15) is 0 Å².